The molecule has 55 heavy (non-hydrogen) atoms. The first-order valence-electron chi connectivity index (χ1n) is 17.1. The number of aliphatic imine (C=N–C) groups is 1. The maximum atomic E-state index is 16.4. The summed E-state index contributed by atoms with van der Waals surface area (Å²) in [6.45, 7) is 0.885. The third-order valence-electron chi connectivity index (χ3n) is 8.52. The van der Waals surface area contributed by atoms with Gasteiger partial charge in [0, 0.05) is 26.7 Å². The largest absolute Gasteiger partial charge is 0.509 e. The number of rotatable bonds is 14. The molecule has 4 aromatic rings. The maximum Gasteiger partial charge on any atom is 0.509 e. The van der Waals surface area contributed by atoms with E-state index in [1.807, 2.05) is 30.3 Å². The van der Waals surface area contributed by atoms with E-state index in [0.29, 0.717) is 16.7 Å². The van der Waals surface area contributed by atoms with Gasteiger partial charge in [0.15, 0.2) is 11.7 Å². The molecule has 5 atom stereocenters. The topological polar surface area (TPSA) is 169 Å². The molecule has 2 saturated heterocycles. The van der Waals surface area contributed by atoms with Crippen LogP contribution in [0.15, 0.2) is 113 Å². The van der Waals surface area contributed by atoms with Crippen molar-refractivity contribution in [1.29, 1.82) is 0 Å². The summed E-state index contributed by atoms with van der Waals surface area (Å²) in [4.78, 5) is 48.1. The number of hydrogen-bond acceptors (Lipinski definition) is 12. The maximum absolute atomic E-state index is 16.4. The molecule has 18 heteroatoms. The number of likely N-dealkylation sites (N-methyl/N-ethyl adjacent to an activating group) is 1. The second-order valence-corrected chi connectivity index (χ2v) is 14.3. The fourth-order valence-corrected chi connectivity index (χ4v) is 7.26. The van der Waals surface area contributed by atoms with E-state index in [4.69, 9.17) is 28.0 Å². The molecule has 0 bridgehead atoms. The number of halogens is 2. The van der Waals surface area contributed by atoms with Gasteiger partial charge < -0.3 is 28.4 Å². The number of likely N-dealkylation sites (tertiary alicyclic amines) is 1. The minimum absolute atomic E-state index is 0.0889. The van der Waals surface area contributed by atoms with Crippen molar-refractivity contribution in [3.8, 4) is 5.75 Å². The minimum Gasteiger partial charge on any atom is -0.476 e. The Labute approximate surface area is 314 Å². The highest BCUT2D eigenvalue weighted by atomic mass is 31.2. The van der Waals surface area contributed by atoms with Crippen LogP contribution in [-0.2, 0) is 46.0 Å². The number of alkyl halides is 2. The molecule has 1 aromatic heterocycles. The molecule has 3 heterocycles. The van der Waals surface area contributed by atoms with Gasteiger partial charge in [0.05, 0.1) is 12.6 Å². The van der Waals surface area contributed by atoms with Crippen molar-refractivity contribution < 1.29 is 50.9 Å². The van der Waals surface area contributed by atoms with Crippen LogP contribution in [0.3, 0.4) is 0 Å². The van der Waals surface area contributed by atoms with Crippen LogP contribution in [0.5, 0.6) is 5.75 Å². The van der Waals surface area contributed by atoms with E-state index in [9.17, 15) is 18.9 Å². The summed E-state index contributed by atoms with van der Waals surface area (Å²) in [6.07, 6.45) is -6.87. The second kappa shape index (κ2) is 17.3. The number of hydrogen-bond donors (Lipinski definition) is 1. The monoisotopic (exact) mass is 781 g/mol. The molecule has 0 radical (unpaired) electrons. The molecular weight excluding hydrogens is 743 g/mol. The lowest BCUT2D eigenvalue weighted by Crippen LogP contribution is -2.45. The summed E-state index contributed by atoms with van der Waals surface area (Å²) < 4.78 is 80.2. The standard InChI is InChI=1S/C37H38F2N5O10P/c1-25(49-22-26-12-6-3-7-13-26)40-31-19-21-44(35(46)41-31)34-37(38,39)32(53-36(47)50-23-27-14-8-4-9-15-27)30(52-34)24-51-55(48,54-28-16-10-5-11-17-28)42-29-18-20-43(2)33(29)45/h3-17,19,21,29-30,32,34H,18,20,22-24H2,1-2H3,(H,42,48). The van der Waals surface area contributed by atoms with Crippen molar-refractivity contribution in [1.82, 2.24) is 19.5 Å². The van der Waals surface area contributed by atoms with Gasteiger partial charge in [-0.25, -0.2) is 14.2 Å². The van der Waals surface area contributed by atoms with Crippen LogP contribution in [0.4, 0.5) is 19.4 Å². The van der Waals surface area contributed by atoms with E-state index in [1.54, 1.807) is 62.5 Å². The summed E-state index contributed by atoms with van der Waals surface area (Å²) in [6, 6.07) is 25.8. The Balaban J connectivity index is 1.23. The third kappa shape index (κ3) is 9.99. The van der Waals surface area contributed by atoms with Gasteiger partial charge in [-0.1, -0.05) is 78.9 Å². The van der Waals surface area contributed by atoms with Gasteiger partial charge in [-0.05, 0) is 35.7 Å². The zero-order valence-electron chi connectivity index (χ0n) is 29.7. The van der Waals surface area contributed by atoms with E-state index in [1.165, 1.54) is 23.1 Å². The van der Waals surface area contributed by atoms with Crippen LogP contribution in [-0.4, -0.2) is 76.8 Å². The number of nitrogens with one attached hydrogen (secondary N) is 1. The average Bonchev–Trinajstić information content (AvgIpc) is 3.62. The molecule has 6 rings (SSSR count). The minimum atomic E-state index is -4.51. The second-order valence-electron chi connectivity index (χ2n) is 12.6. The highest BCUT2D eigenvalue weighted by Gasteiger charge is 2.63. The predicted molar refractivity (Wildman–Crippen MR) is 193 cm³/mol. The molecule has 15 nitrogen and oxygen atoms in total. The van der Waals surface area contributed by atoms with E-state index < -0.39 is 56.6 Å². The third-order valence-corrected chi connectivity index (χ3v) is 10.1. The number of nitrogens with zero attached hydrogens (tertiary/aromatic N) is 4. The molecule has 290 valence electrons. The number of para-hydroxylation sites is 1. The molecule has 0 aliphatic carbocycles. The zero-order chi connectivity index (χ0) is 39.0. The predicted octanol–water partition coefficient (Wildman–Crippen LogP) is 5.79. The molecule has 5 unspecified atom stereocenters. The first kappa shape index (κ1) is 39.2. The van der Waals surface area contributed by atoms with E-state index >= 15 is 8.78 Å². The van der Waals surface area contributed by atoms with E-state index in [-0.39, 0.29) is 43.0 Å². The van der Waals surface area contributed by atoms with E-state index in [0.717, 1.165) is 11.8 Å². The SMILES string of the molecule is CC(=Nc1ccn(C2OC(COP(=O)(NC3CCN(C)C3=O)Oc3ccccc3)C(OC(=O)OCc3ccccc3)C2(F)F)c(=O)n1)OCc1ccccc1. The smallest absolute Gasteiger partial charge is 0.476 e. The summed E-state index contributed by atoms with van der Waals surface area (Å²) in [5, 5.41) is 2.61. The summed E-state index contributed by atoms with van der Waals surface area (Å²) in [7, 11) is -2.94. The van der Waals surface area contributed by atoms with Crippen molar-refractivity contribution in [3.05, 3.63) is 125 Å². The van der Waals surface area contributed by atoms with Crippen molar-refractivity contribution in [2.45, 2.75) is 57.0 Å². The van der Waals surface area contributed by atoms with Crippen molar-refractivity contribution in [2.24, 2.45) is 4.99 Å². The quantitative estimate of drug-likeness (QED) is 0.0709. The van der Waals surface area contributed by atoms with Gasteiger partial charge in [-0.15, -0.1) is 0 Å². The first-order chi connectivity index (χ1) is 26.4. The Morgan fingerprint density at radius 2 is 1.58 bits per heavy atom. The van der Waals surface area contributed by atoms with Crippen LogP contribution >= 0.6 is 7.75 Å². The van der Waals surface area contributed by atoms with Crippen molar-refractivity contribution >= 4 is 31.5 Å². The number of carbonyl (C=O) groups excluding carboxylic acids is 2. The fraction of sp³-hybridized carbons (Fsp3) is 0.324. The van der Waals surface area contributed by atoms with Gasteiger partial charge >= 0.3 is 25.5 Å². The summed E-state index contributed by atoms with van der Waals surface area (Å²) in [5.74, 6) is -4.36. The molecule has 3 aromatic carbocycles. The number of ether oxygens (including phenoxy) is 4. The lowest BCUT2D eigenvalue weighted by atomic mass is 10.1. The van der Waals surface area contributed by atoms with Gasteiger partial charge in [0.1, 0.15) is 25.1 Å². The van der Waals surface area contributed by atoms with Crippen LogP contribution in [0.2, 0.25) is 0 Å². The Kier molecular flexibility index (Phi) is 12.4. The highest BCUT2D eigenvalue weighted by molar-refractivity contribution is 7.52. The number of amides is 1. The number of carbonyl (C=O) groups is 2. The Morgan fingerprint density at radius 3 is 2.18 bits per heavy atom. The van der Waals surface area contributed by atoms with Crippen LogP contribution in [0, 0.1) is 0 Å². The molecule has 2 aliphatic rings. The first-order valence-corrected chi connectivity index (χ1v) is 18.7. The Morgan fingerprint density at radius 1 is 0.964 bits per heavy atom. The molecule has 0 spiro atoms. The molecule has 1 amide bonds. The van der Waals surface area contributed by atoms with Crippen LogP contribution in [0.25, 0.3) is 0 Å². The highest BCUT2D eigenvalue weighted by Crippen LogP contribution is 2.49. The number of benzene rings is 3. The molecule has 2 fully saturated rings. The van der Waals surface area contributed by atoms with Crippen LogP contribution < -0.4 is 15.3 Å². The van der Waals surface area contributed by atoms with E-state index in [2.05, 4.69) is 15.1 Å². The van der Waals surface area contributed by atoms with Gasteiger partial charge in [-0.3, -0.25) is 13.9 Å². The molecule has 2 aliphatic heterocycles. The van der Waals surface area contributed by atoms with Gasteiger partial charge in [0.2, 0.25) is 18.2 Å². The molecular formula is C37H38F2N5O10P. The summed E-state index contributed by atoms with van der Waals surface area (Å²) >= 11 is 0. The Bertz CT molecular complexity index is 2080. The van der Waals surface area contributed by atoms with Gasteiger partial charge in [-0.2, -0.15) is 23.8 Å². The summed E-state index contributed by atoms with van der Waals surface area (Å²) in [5.41, 5.74) is 0.265. The van der Waals surface area contributed by atoms with Crippen molar-refractivity contribution in [3.63, 3.8) is 0 Å². The van der Waals surface area contributed by atoms with Crippen LogP contribution in [0.1, 0.15) is 30.7 Å². The Hall–Kier alpha value is -5.48. The molecule has 0 saturated carbocycles. The number of aromatic nitrogens is 2. The average molecular weight is 782 g/mol. The lowest BCUT2D eigenvalue weighted by Gasteiger charge is -2.26. The van der Waals surface area contributed by atoms with Gasteiger partial charge in [0.25, 0.3) is 0 Å². The zero-order valence-corrected chi connectivity index (χ0v) is 30.6. The van der Waals surface area contributed by atoms with Crippen molar-refractivity contribution in [2.75, 3.05) is 20.2 Å². The normalized spacial score (nSPS) is 21.9. The molecule has 1 N–H and O–H groups in total. The lowest BCUT2D eigenvalue weighted by molar-refractivity contribution is -0.146. The fourth-order valence-electron chi connectivity index (χ4n) is 5.72.